The highest BCUT2D eigenvalue weighted by Gasteiger charge is 2.24. The van der Waals surface area contributed by atoms with Crippen LogP contribution in [0.3, 0.4) is 0 Å². The minimum Gasteiger partial charge on any atom is -0.352 e. The number of aryl methyl sites for hydroxylation is 1. The van der Waals surface area contributed by atoms with Crippen LogP contribution in [0.2, 0.25) is 0 Å². The molecule has 0 radical (unpaired) electrons. The molecule has 0 spiro atoms. The van der Waals surface area contributed by atoms with Gasteiger partial charge in [-0.1, -0.05) is 12.1 Å². The highest BCUT2D eigenvalue weighted by atomic mass is 19.1. The lowest BCUT2D eigenvalue weighted by atomic mass is 9.91. The molecule has 3 rings (SSSR count). The smallest absolute Gasteiger partial charge is 0.257 e. The molecule has 1 saturated heterocycles. The second kappa shape index (κ2) is 8.93. The molecule has 1 N–H and O–H groups in total. The number of piperidine rings is 1. The van der Waals surface area contributed by atoms with Crippen molar-refractivity contribution in [1.82, 2.24) is 14.9 Å². The number of anilines is 1. The second-order valence-corrected chi connectivity index (χ2v) is 7.52. The van der Waals surface area contributed by atoms with Crippen molar-refractivity contribution in [3.63, 3.8) is 0 Å². The summed E-state index contributed by atoms with van der Waals surface area (Å²) in [6, 6.07) is 7.01. The molecular weight excluding hydrogens is 343 g/mol. The minimum atomic E-state index is -0.191. The Kier molecular flexibility index (Phi) is 6.37. The molecule has 0 saturated carbocycles. The van der Waals surface area contributed by atoms with Crippen LogP contribution in [0, 0.1) is 11.7 Å². The molecule has 1 fully saturated rings. The van der Waals surface area contributed by atoms with Gasteiger partial charge in [-0.15, -0.1) is 0 Å². The molecule has 1 aromatic heterocycles. The zero-order valence-electron chi connectivity index (χ0n) is 16.0. The van der Waals surface area contributed by atoms with E-state index < -0.39 is 0 Å². The van der Waals surface area contributed by atoms with Crippen LogP contribution in [-0.4, -0.2) is 39.9 Å². The molecule has 27 heavy (non-hydrogen) atoms. The Labute approximate surface area is 160 Å². The number of amides is 1. The van der Waals surface area contributed by atoms with E-state index in [9.17, 15) is 9.18 Å². The molecular formula is C21H27FN4O. The Morgan fingerprint density at radius 2 is 2.11 bits per heavy atom. The maximum Gasteiger partial charge on any atom is 0.257 e. The van der Waals surface area contributed by atoms with Crippen LogP contribution < -0.4 is 5.32 Å². The Hall–Kier alpha value is -2.50. The van der Waals surface area contributed by atoms with Gasteiger partial charge in [0, 0.05) is 31.5 Å². The van der Waals surface area contributed by atoms with Gasteiger partial charge in [-0.2, -0.15) is 0 Å². The summed E-state index contributed by atoms with van der Waals surface area (Å²) in [5, 5.41) is 3.12. The van der Waals surface area contributed by atoms with Gasteiger partial charge in [-0.25, -0.2) is 14.4 Å². The number of rotatable bonds is 6. The quantitative estimate of drug-likeness (QED) is 0.837. The molecule has 1 aliphatic heterocycles. The summed E-state index contributed by atoms with van der Waals surface area (Å²) in [5.74, 6) is 0.770. The molecule has 6 heteroatoms. The fraction of sp³-hybridized carbons (Fsp3) is 0.476. The van der Waals surface area contributed by atoms with Gasteiger partial charge in [0.15, 0.2) is 0 Å². The van der Waals surface area contributed by atoms with E-state index in [4.69, 9.17) is 0 Å². The lowest BCUT2D eigenvalue weighted by molar-refractivity contribution is 0.0667. The molecule has 2 heterocycles. The zero-order valence-corrected chi connectivity index (χ0v) is 16.0. The fourth-order valence-corrected chi connectivity index (χ4v) is 3.50. The van der Waals surface area contributed by atoms with Crippen molar-refractivity contribution in [3.8, 4) is 0 Å². The van der Waals surface area contributed by atoms with Crippen molar-refractivity contribution in [3.05, 3.63) is 53.6 Å². The summed E-state index contributed by atoms with van der Waals surface area (Å²) >= 11 is 0. The Balaban J connectivity index is 1.56. The number of carbonyl (C=O) groups is 1. The van der Waals surface area contributed by atoms with Gasteiger partial charge in [0.25, 0.3) is 5.91 Å². The van der Waals surface area contributed by atoms with Gasteiger partial charge in [0.05, 0.1) is 5.56 Å². The average molecular weight is 370 g/mol. The topological polar surface area (TPSA) is 58.1 Å². The monoisotopic (exact) mass is 370 g/mol. The molecule has 0 bridgehead atoms. The minimum absolute atomic E-state index is 0.0125. The number of likely N-dealkylation sites (tertiary alicyclic amines) is 1. The van der Waals surface area contributed by atoms with Crippen molar-refractivity contribution < 1.29 is 9.18 Å². The van der Waals surface area contributed by atoms with Gasteiger partial charge in [0.2, 0.25) is 5.95 Å². The van der Waals surface area contributed by atoms with E-state index in [1.807, 2.05) is 24.8 Å². The third kappa shape index (κ3) is 5.49. The van der Waals surface area contributed by atoms with Gasteiger partial charge in [-0.3, -0.25) is 4.79 Å². The van der Waals surface area contributed by atoms with E-state index in [0.717, 1.165) is 44.3 Å². The normalized spacial score (nSPS) is 17.2. The number of nitrogens with one attached hydrogen (secondary N) is 1. The number of hydrogen-bond donors (Lipinski definition) is 1. The van der Waals surface area contributed by atoms with Crippen molar-refractivity contribution >= 4 is 11.9 Å². The zero-order chi connectivity index (χ0) is 19.2. The lowest BCUT2D eigenvalue weighted by Crippen LogP contribution is -2.40. The van der Waals surface area contributed by atoms with Gasteiger partial charge in [0.1, 0.15) is 5.82 Å². The van der Waals surface area contributed by atoms with Crippen molar-refractivity contribution in [1.29, 1.82) is 0 Å². The summed E-state index contributed by atoms with van der Waals surface area (Å²) in [5.41, 5.74) is 1.54. The number of aromatic nitrogens is 2. The predicted octanol–water partition coefficient (Wildman–Crippen LogP) is 3.92. The molecule has 1 aliphatic rings. The van der Waals surface area contributed by atoms with Crippen LogP contribution in [0.4, 0.5) is 10.3 Å². The molecule has 0 unspecified atom stereocenters. The van der Waals surface area contributed by atoms with Crippen molar-refractivity contribution in [2.45, 2.75) is 45.6 Å². The molecule has 5 nitrogen and oxygen atoms in total. The highest BCUT2D eigenvalue weighted by Crippen LogP contribution is 2.23. The summed E-state index contributed by atoms with van der Waals surface area (Å²) in [6.07, 6.45) is 7.08. The third-order valence-corrected chi connectivity index (χ3v) is 4.85. The highest BCUT2D eigenvalue weighted by molar-refractivity contribution is 5.93. The van der Waals surface area contributed by atoms with Crippen LogP contribution in [-0.2, 0) is 6.42 Å². The molecule has 1 aromatic carbocycles. The summed E-state index contributed by atoms with van der Waals surface area (Å²) in [6.45, 7) is 5.53. The van der Waals surface area contributed by atoms with Crippen LogP contribution in [0.15, 0.2) is 36.7 Å². The first-order valence-electron chi connectivity index (χ1n) is 9.63. The summed E-state index contributed by atoms with van der Waals surface area (Å²) < 4.78 is 13.3. The SMILES string of the molecule is CC(C)Nc1ncc(C(=O)N2CCC[C@@H](CCc3cccc(F)c3)C2)cn1. The molecule has 1 atom stereocenters. The largest absolute Gasteiger partial charge is 0.352 e. The summed E-state index contributed by atoms with van der Waals surface area (Å²) in [4.78, 5) is 23.1. The molecule has 1 amide bonds. The van der Waals surface area contributed by atoms with E-state index in [1.54, 1.807) is 24.5 Å². The first-order valence-corrected chi connectivity index (χ1v) is 9.63. The lowest BCUT2D eigenvalue weighted by Gasteiger charge is -2.33. The van der Waals surface area contributed by atoms with E-state index in [-0.39, 0.29) is 17.8 Å². The number of carbonyl (C=O) groups excluding carboxylic acids is 1. The van der Waals surface area contributed by atoms with Gasteiger partial charge >= 0.3 is 0 Å². The Morgan fingerprint density at radius 1 is 1.33 bits per heavy atom. The van der Waals surface area contributed by atoms with Gasteiger partial charge < -0.3 is 10.2 Å². The number of hydrogen-bond acceptors (Lipinski definition) is 4. The number of benzene rings is 1. The first kappa shape index (κ1) is 19.3. The maximum absolute atomic E-state index is 13.3. The van der Waals surface area contributed by atoms with Crippen LogP contribution in [0.5, 0.6) is 0 Å². The second-order valence-electron chi connectivity index (χ2n) is 7.52. The average Bonchev–Trinajstić information content (AvgIpc) is 2.66. The van der Waals surface area contributed by atoms with Crippen LogP contribution >= 0.6 is 0 Å². The maximum atomic E-state index is 13.3. The first-order chi connectivity index (χ1) is 13.0. The van der Waals surface area contributed by atoms with E-state index in [0.29, 0.717) is 17.4 Å². The number of halogens is 1. The van der Waals surface area contributed by atoms with Crippen LogP contribution in [0.25, 0.3) is 0 Å². The van der Waals surface area contributed by atoms with E-state index >= 15 is 0 Å². The molecule has 0 aliphatic carbocycles. The van der Waals surface area contributed by atoms with Crippen molar-refractivity contribution in [2.75, 3.05) is 18.4 Å². The van der Waals surface area contributed by atoms with Crippen LogP contribution in [0.1, 0.15) is 49.0 Å². The molecule has 2 aromatic rings. The van der Waals surface area contributed by atoms with E-state index in [2.05, 4.69) is 15.3 Å². The van der Waals surface area contributed by atoms with Gasteiger partial charge in [-0.05, 0) is 63.1 Å². The fourth-order valence-electron chi connectivity index (χ4n) is 3.50. The number of nitrogens with zero attached hydrogens (tertiary/aromatic N) is 3. The Morgan fingerprint density at radius 3 is 2.81 bits per heavy atom. The standard InChI is InChI=1S/C21H27FN4O/c1-15(2)25-21-23-12-18(13-24-21)20(27)26-10-4-6-17(14-26)9-8-16-5-3-7-19(22)11-16/h3,5,7,11-13,15,17H,4,6,8-10,14H2,1-2H3,(H,23,24,25)/t17-/m0/s1. The predicted molar refractivity (Wildman–Crippen MR) is 104 cm³/mol. The molecule has 144 valence electrons. The summed E-state index contributed by atoms with van der Waals surface area (Å²) in [7, 11) is 0. The van der Waals surface area contributed by atoms with Crippen molar-refractivity contribution in [2.24, 2.45) is 5.92 Å². The third-order valence-electron chi connectivity index (χ3n) is 4.85. The van der Waals surface area contributed by atoms with E-state index in [1.165, 1.54) is 6.07 Å². The Bertz CT molecular complexity index is 763.